The molecule has 0 unspecified atom stereocenters. The van der Waals surface area contributed by atoms with Crippen LogP contribution in [0.2, 0.25) is 0 Å². The van der Waals surface area contributed by atoms with E-state index in [1.807, 2.05) is 71.2 Å². The van der Waals surface area contributed by atoms with Crippen LogP contribution in [0.3, 0.4) is 0 Å². The summed E-state index contributed by atoms with van der Waals surface area (Å²) in [4.78, 5) is 11.5. The summed E-state index contributed by atoms with van der Waals surface area (Å²) in [6.45, 7) is 3.44. The molecule has 7 nitrogen and oxygen atoms in total. The minimum absolute atomic E-state index is 0.792. The van der Waals surface area contributed by atoms with E-state index in [1.165, 1.54) is 0 Å². The van der Waals surface area contributed by atoms with Gasteiger partial charge in [0, 0.05) is 66.1 Å². The lowest BCUT2D eigenvalue weighted by Gasteiger charge is -2.13. The average Bonchev–Trinajstić information content (AvgIpc) is 2.96. The van der Waals surface area contributed by atoms with E-state index in [9.17, 15) is 0 Å². The van der Waals surface area contributed by atoms with E-state index >= 15 is 0 Å². The van der Waals surface area contributed by atoms with Crippen molar-refractivity contribution in [1.29, 1.82) is 0 Å². The van der Waals surface area contributed by atoms with Gasteiger partial charge in [0.25, 0.3) is 0 Å². The van der Waals surface area contributed by atoms with Crippen LogP contribution in [0.4, 0.5) is 0 Å². The molecule has 0 spiro atoms. The Morgan fingerprint density at radius 2 is 1.05 bits per heavy atom. The Bertz CT molecular complexity index is 618. The fourth-order valence-electron chi connectivity index (χ4n) is 2.36. The summed E-state index contributed by atoms with van der Waals surface area (Å²) < 4.78 is 8.13. The molecular formula is C15H27N7. The monoisotopic (exact) mass is 305 g/mol. The van der Waals surface area contributed by atoms with Gasteiger partial charge in [-0.25, -0.2) is 0 Å². The van der Waals surface area contributed by atoms with Crippen LogP contribution in [0.5, 0.6) is 0 Å². The maximum atomic E-state index is 4.64. The molecule has 0 aliphatic rings. The first-order valence-corrected chi connectivity index (χ1v) is 7.54. The lowest BCUT2D eigenvalue weighted by atomic mass is 10.5. The Hall–Kier alpha value is -2.02. The first-order valence-electron chi connectivity index (χ1n) is 7.54. The van der Waals surface area contributed by atoms with Gasteiger partial charge in [-0.15, -0.1) is 0 Å². The molecule has 2 aromatic rings. The van der Waals surface area contributed by atoms with Crippen molar-refractivity contribution in [2.45, 2.75) is 0 Å². The maximum absolute atomic E-state index is 4.64. The molecule has 2 rings (SSSR count). The summed E-state index contributed by atoms with van der Waals surface area (Å²) in [6, 6.07) is 0. The van der Waals surface area contributed by atoms with E-state index in [0.29, 0.717) is 0 Å². The molecule has 0 saturated heterocycles. The lowest BCUT2D eigenvalue weighted by molar-refractivity contribution is 0.350. The lowest BCUT2D eigenvalue weighted by Crippen LogP contribution is -2.29. The summed E-state index contributed by atoms with van der Waals surface area (Å²) in [6.07, 6.45) is 8.06. The highest BCUT2D eigenvalue weighted by Crippen LogP contribution is 1.85. The molecule has 0 bridgehead atoms. The standard InChI is InChI=1S/C15H27N7/c1-18(8-6-16-14-19(2)10-11-20(14)3)9-7-17-15-21(4)12-13-22(15)5/h10-13H,6-9H2,1-5H3. The molecule has 0 amide bonds. The van der Waals surface area contributed by atoms with E-state index in [4.69, 9.17) is 0 Å². The molecule has 122 valence electrons. The SMILES string of the molecule is CN(CCN=c1n(C)ccn1C)CCN=c1n(C)ccn1C. The first kappa shape index (κ1) is 16.4. The third-order valence-electron chi connectivity index (χ3n) is 3.76. The zero-order chi connectivity index (χ0) is 16.1. The summed E-state index contributed by atoms with van der Waals surface area (Å²) in [7, 11) is 10.2. The Balaban J connectivity index is 1.83. The van der Waals surface area contributed by atoms with Crippen LogP contribution in [0, 0.1) is 0 Å². The van der Waals surface area contributed by atoms with Crippen LogP contribution in [-0.2, 0) is 28.2 Å². The number of likely N-dealkylation sites (N-methyl/N-ethyl adjacent to an activating group) is 1. The normalized spacial score (nSPS) is 11.2. The second-order valence-electron chi connectivity index (χ2n) is 5.71. The van der Waals surface area contributed by atoms with Gasteiger partial charge < -0.3 is 23.2 Å². The van der Waals surface area contributed by atoms with Crippen LogP contribution >= 0.6 is 0 Å². The molecule has 0 atom stereocenters. The van der Waals surface area contributed by atoms with Crippen LogP contribution in [0.15, 0.2) is 34.8 Å². The van der Waals surface area contributed by atoms with E-state index < -0.39 is 0 Å². The van der Waals surface area contributed by atoms with Gasteiger partial charge in [0.1, 0.15) is 0 Å². The second kappa shape index (κ2) is 7.31. The fourth-order valence-corrected chi connectivity index (χ4v) is 2.36. The topological polar surface area (TPSA) is 47.7 Å². The molecule has 7 heteroatoms. The molecule has 0 aromatic carbocycles. The largest absolute Gasteiger partial charge is 0.321 e. The van der Waals surface area contributed by atoms with Gasteiger partial charge in [0.05, 0.1) is 13.1 Å². The van der Waals surface area contributed by atoms with Crippen molar-refractivity contribution in [3.63, 3.8) is 0 Å². The number of imidazole rings is 2. The van der Waals surface area contributed by atoms with Gasteiger partial charge in [-0.05, 0) is 7.05 Å². The zero-order valence-electron chi connectivity index (χ0n) is 14.3. The molecule has 0 aliphatic heterocycles. The molecule has 2 heterocycles. The van der Waals surface area contributed by atoms with Crippen molar-refractivity contribution in [3.8, 4) is 0 Å². The Labute approximate surface area is 131 Å². The number of aryl methyl sites for hydroxylation is 4. The van der Waals surface area contributed by atoms with Gasteiger partial charge in [-0.2, -0.15) is 0 Å². The van der Waals surface area contributed by atoms with Crippen molar-refractivity contribution in [1.82, 2.24) is 23.2 Å². The predicted octanol–water partition coefficient (Wildman–Crippen LogP) is -0.526. The summed E-state index contributed by atoms with van der Waals surface area (Å²) in [5.41, 5.74) is 1.99. The van der Waals surface area contributed by atoms with Crippen LogP contribution in [0.1, 0.15) is 0 Å². The molecular weight excluding hydrogens is 278 g/mol. The molecule has 0 N–H and O–H groups in total. The van der Waals surface area contributed by atoms with Crippen molar-refractivity contribution in [3.05, 3.63) is 36.0 Å². The minimum atomic E-state index is 0.792. The van der Waals surface area contributed by atoms with Crippen molar-refractivity contribution in [2.75, 3.05) is 33.2 Å². The van der Waals surface area contributed by atoms with Gasteiger partial charge in [-0.3, -0.25) is 9.98 Å². The second-order valence-corrected chi connectivity index (χ2v) is 5.71. The van der Waals surface area contributed by atoms with Gasteiger partial charge in [-0.1, -0.05) is 0 Å². The van der Waals surface area contributed by atoms with Crippen molar-refractivity contribution < 1.29 is 0 Å². The molecule has 0 saturated carbocycles. The molecule has 0 aliphatic carbocycles. The molecule has 2 aromatic heterocycles. The highest BCUT2D eigenvalue weighted by atomic mass is 15.2. The Morgan fingerprint density at radius 3 is 1.36 bits per heavy atom. The number of nitrogens with zero attached hydrogens (tertiary/aromatic N) is 7. The minimum Gasteiger partial charge on any atom is -0.321 e. The van der Waals surface area contributed by atoms with Crippen molar-refractivity contribution in [2.24, 2.45) is 38.2 Å². The highest BCUT2D eigenvalue weighted by Gasteiger charge is 1.98. The zero-order valence-corrected chi connectivity index (χ0v) is 14.3. The average molecular weight is 305 g/mol. The third-order valence-corrected chi connectivity index (χ3v) is 3.76. The molecule has 0 fully saturated rings. The highest BCUT2D eigenvalue weighted by molar-refractivity contribution is 4.78. The van der Waals surface area contributed by atoms with E-state index in [0.717, 1.165) is 37.4 Å². The van der Waals surface area contributed by atoms with Gasteiger partial charge >= 0.3 is 0 Å². The maximum Gasteiger partial charge on any atom is 0.204 e. The van der Waals surface area contributed by atoms with Gasteiger partial charge in [0.2, 0.25) is 11.2 Å². The number of rotatable bonds is 6. The van der Waals surface area contributed by atoms with Crippen LogP contribution < -0.4 is 11.2 Å². The summed E-state index contributed by atoms with van der Waals surface area (Å²) >= 11 is 0. The Morgan fingerprint density at radius 1 is 0.727 bits per heavy atom. The van der Waals surface area contributed by atoms with Crippen LogP contribution in [-0.4, -0.2) is 56.4 Å². The quantitative estimate of drug-likeness (QED) is 0.708. The van der Waals surface area contributed by atoms with Crippen molar-refractivity contribution >= 4 is 0 Å². The molecule has 0 radical (unpaired) electrons. The number of hydrogen-bond donors (Lipinski definition) is 0. The number of hydrogen-bond acceptors (Lipinski definition) is 3. The first-order chi connectivity index (χ1) is 10.5. The van der Waals surface area contributed by atoms with E-state index in [1.54, 1.807) is 0 Å². The van der Waals surface area contributed by atoms with E-state index in [2.05, 4.69) is 21.9 Å². The number of aromatic nitrogens is 4. The van der Waals surface area contributed by atoms with E-state index in [-0.39, 0.29) is 0 Å². The smallest absolute Gasteiger partial charge is 0.204 e. The van der Waals surface area contributed by atoms with Crippen LogP contribution in [0.25, 0.3) is 0 Å². The predicted molar refractivity (Wildman–Crippen MR) is 87.1 cm³/mol. The summed E-state index contributed by atoms with van der Waals surface area (Å²) in [5, 5.41) is 0. The van der Waals surface area contributed by atoms with Gasteiger partial charge in [0.15, 0.2) is 0 Å². The third kappa shape index (κ3) is 4.00. The Kier molecular flexibility index (Phi) is 5.43. The summed E-state index contributed by atoms with van der Waals surface area (Å²) in [5.74, 6) is 0. The fraction of sp³-hybridized carbons (Fsp3) is 0.600. The molecule has 22 heavy (non-hydrogen) atoms.